The Morgan fingerprint density at radius 1 is 1.47 bits per heavy atom. The van der Waals surface area contributed by atoms with Crippen molar-refractivity contribution in [1.82, 2.24) is 4.98 Å². The van der Waals surface area contributed by atoms with Crippen LogP contribution in [0.25, 0.3) is 0 Å². The lowest BCUT2D eigenvalue weighted by molar-refractivity contribution is -0.108. The fraction of sp³-hybridized carbons (Fsp3) is 0.538. The van der Waals surface area contributed by atoms with Gasteiger partial charge in [0, 0.05) is 12.1 Å². The maximum atomic E-state index is 11.7. The molecule has 0 aliphatic heterocycles. The number of H-pyrrole nitrogens is 1. The van der Waals surface area contributed by atoms with Gasteiger partial charge in [-0.1, -0.05) is 6.92 Å². The fourth-order valence-corrected chi connectivity index (χ4v) is 2.17. The minimum atomic E-state index is -0.336. The molecule has 1 rings (SSSR count). The average molecular weight is 237 g/mol. The van der Waals surface area contributed by atoms with E-state index in [9.17, 15) is 9.59 Å². The molecular formula is C13H19NO3. The van der Waals surface area contributed by atoms with Crippen LogP contribution in [0.2, 0.25) is 0 Å². The van der Waals surface area contributed by atoms with Gasteiger partial charge in [0.15, 0.2) is 0 Å². The minimum Gasteiger partial charge on any atom is -0.461 e. The van der Waals surface area contributed by atoms with Gasteiger partial charge < -0.3 is 14.5 Å². The van der Waals surface area contributed by atoms with Crippen LogP contribution in [0.5, 0.6) is 0 Å². The summed E-state index contributed by atoms with van der Waals surface area (Å²) in [6.07, 6.45) is 1.36. The van der Waals surface area contributed by atoms with Gasteiger partial charge in [-0.2, -0.15) is 0 Å². The third kappa shape index (κ3) is 2.75. The molecule has 0 saturated carbocycles. The van der Waals surface area contributed by atoms with Gasteiger partial charge >= 0.3 is 5.97 Å². The SMILES string of the molecule is CCOC(=O)c1[nH]c(C)c([C@@H](C)CC=O)c1C. The van der Waals surface area contributed by atoms with E-state index in [4.69, 9.17) is 4.74 Å². The Hall–Kier alpha value is -1.58. The zero-order valence-corrected chi connectivity index (χ0v) is 10.8. The molecule has 1 atom stereocenters. The van der Waals surface area contributed by atoms with E-state index in [0.717, 1.165) is 23.1 Å². The van der Waals surface area contributed by atoms with E-state index in [-0.39, 0.29) is 11.9 Å². The molecule has 0 aliphatic rings. The number of nitrogens with one attached hydrogen (secondary N) is 1. The monoisotopic (exact) mass is 237 g/mol. The van der Waals surface area contributed by atoms with Gasteiger partial charge in [-0.25, -0.2) is 4.79 Å². The van der Waals surface area contributed by atoms with Crippen molar-refractivity contribution >= 4 is 12.3 Å². The normalized spacial score (nSPS) is 12.2. The summed E-state index contributed by atoms with van der Waals surface area (Å²) < 4.78 is 4.98. The number of carbonyl (C=O) groups excluding carboxylic acids is 2. The fourth-order valence-electron chi connectivity index (χ4n) is 2.17. The van der Waals surface area contributed by atoms with E-state index in [1.807, 2.05) is 20.8 Å². The van der Waals surface area contributed by atoms with Gasteiger partial charge in [0.1, 0.15) is 12.0 Å². The standard InChI is InChI=1S/C13H19NO3/c1-5-17-13(16)12-9(3)11(10(4)14-12)8(2)6-7-15/h7-8,14H,5-6H2,1-4H3/t8-/m0/s1. The summed E-state index contributed by atoms with van der Waals surface area (Å²) in [4.78, 5) is 25.3. The van der Waals surface area contributed by atoms with E-state index in [0.29, 0.717) is 18.7 Å². The largest absolute Gasteiger partial charge is 0.461 e. The number of rotatable bonds is 5. The van der Waals surface area contributed by atoms with Crippen molar-refractivity contribution in [3.8, 4) is 0 Å². The summed E-state index contributed by atoms with van der Waals surface area (Å²) in [5.74, 6) is -0.218. The maximum absolute atomic E-state index is 11.7. The van der Waals surface area contributed by atoms with E-state index in [1.54, 1.807) is 6.92 Å². The molecule has 1 N–H and O–H groups in total. The minimum absolute atomic E-state index is 0.118. The highest BCUT2D eigenvalue weighted by Crippen LogP contribution is 2.28. The van der Waals surface area contributed by atoms with E-state index < -0.39 is 0 Å². The second kappa shape index (κ2) is 5.66. The molecule has 0 unspecified atom stereocenters. The summed E-state index contributed by atoms with van der Waals surface area (Å²) in [5, 5.41) is 0. The van der Waals surface area contributed by atoms with Gasteiger partial charge in [0.05, 0.1) is 6.61 Å². The predicted octanol–water partition coefficient (Wildman–Crippen LogP) is 2.50. The van der Waals surface area contributed by atoms with Gasteiger partial charge in [0.25, 0.3) is 0 Å². The Bertz CT molecular complexity index is 421. The first-order valence-corrected chi connectivity index (χ1v) is 5.82. The molecule has 0 radical (unpaired) electrons. The Morgan fingerprint density at radius 3 is 2.65 bits per heavy atom. The molecule has 0 spiro atoms. The number of aromatic amines is 1. The van der Waals surface area contributed by atoms with Crippen LogP contribution < -0.4 is 0 Å². The van der Waals surface area contributed by atoms with E-state index >= 15 is 0 Å². The Morgan fingerprint density at radius 2 is 2.12 bits per heavy atom. The molecule has 0 saturated heterocycles. The van der Waals surface area contributed by atoms with E-state index in [1.165, 1.54) is 0 Å². The lowest BCUT2D eigenvalue weighted by Crippen LogP contribution is -2.07. The van der Waals surface area contributed by atoms with Gasteiger partial charge in [-0.15, -0.1) is 0 Å². The van der Waals surface area contributed by atoms with Crippen LogP contribution in [-0.2, 0) is 9.53 Å². The van der Waals surface area contributed by atoms with Gasteiger partial charge in [0.2, 0.25) is 0 Å². The van der Waals surface area contributed by atoms with Crippen molar-refractivity contribution in [2.75, 3.05) is 6.61 Å². The van der Waals surface area contributed by atoms with Crippen LogP contribution in [0.3, 0.4) is 0 Å². The van der Waals surface area contributed by atoms with Crippen LogP contribution in [0.4, 0.5) is 0 Å². The van der Waals surface area contributed by atoms with Crippen LogP contribution in [0.1, 0.15) is 53.5 Å². The molecule has 0 aliphatic carbocycles. The van der Waals surface area contributed by atoms with Crippen LogP contribution >= 0.6 is 0 Å². The van der Waals surface area contributed by atoms with Crippen molar-refractivity contribution in [3.05, 3.63) is 22.5 Å². The predicted molar refractivity (Wildman–Crippen MR) is 65.3 cm³/mol. The van der Waals surface area contributed by atoms with Crippen LogP contribution in [-0.4, -0.2) is 23.8 Å². The molecule has 94 valence electrons. The first-order chi connectivity index (χ1) is 8.02. The highest BCUT2D eigenvalue weighted by atomic mass is 16.5. The number of aryl methyl sites for hydroxylation is 1. The first-order valence-electron chi connectivity index (χ1n) is 5.82. The number of ether oxygens (including phenoxy) is 1. The number of hydrogen-bond donors (Lipinski definition) is 1. The smallest absolute Gasteiger partial charge is 0.355 e. The maximum Gasteiger partial charge on any atom is 0.355 e. The number of carbonyl (C=O) groups is 2. The number of aldehydes is 1. The van der Waals surface area contributed by atoms with Crippen LogP contribution in [0.15, 0.2) is 0 Å². The summed E-state index contributed by atoms with van der Waals surface area (Å²) >= 11 is 0. The topological polar surface area (TPSA) is 59.2 Å². The highest BCUT2D eigenvalue weighted by molar-refractivity contribution is 5.90. The summed E-state index contributed by atoms with van der Waals surface area (Å²) in [6.45, 7) is 7.90. The van der Waals surface area contributed by atoms with Gasteiger partial charge in [-0.3, -0.25) is 0 Å². The number of hydrogen-bond acceptors (Lipinski definition) is 3. The lowest BCUT2D eigenvalue weighted by atomic mass is 9.94. The lowest BCUT2D eigenvalue weighted by Gasteiger charge is -2.09. The zero-order valence-electron chi connectivity index (χ0n) is 10.8. The molecule has 1 aromatic rings. The van der Waals surface area contributed by atoms with Crippen molar-refractivity contribution < 1.29 is 14.3 Å². The molecule has 4 heteroatoms. The summed E-state index contributed by atoms with van der Waals surface area (Å²) in [6, 6.07) is 0. The molecule has 1 heterocycles. The van der Waals surface area contributed by atoms with Crippen molar-refractivity contribution in [1.29, 1.82) is 0 Å². The Balaban J connectivity index is 3.09. The zero-order chi connectivity index (χ0) is 13.0. The Labute approximate surface area is 101 Å². The third-order valence-electron chi connectivity index (χ3n) is 2.92. The molecule has 4 nitrogen and oxygen atoms in total. The third-order valence-corrected chi connectivity index (χ3v) is 2.92. The molecule has 0 bridgehead atoms. The molecular weight excluding hydrogens is 218 g/mol. The quantitative estimate of drug-likeness (QED) is 0.632. The van der Waals surface area contributed by atoms with Crippen molar-refractivity contribution in [2.45, 2.75) is 40.0 Å². The molecule has 1 aromatic heterocycles. The molecule has 0 fully saturated rings. The second-order valence-corrected chi connectivity index (χ2v) is 4.19. The molecule has 17 heavy (non-hydrogen) atoms. The summed E-state index contributed by atoms with van der Waals surface area (Å²) in [7, 11) is 0. The van der Waals surface area contributed by atoms with Crippen LogP contribution in [0, 0.1) is 13.8 Å². The molecule has 0 amide bonds. The van der Waals surface area contributed by atoms with E-state index in [2.05, 4.69) is 4.98 Å². The molecule has 0 aromatic carbocycles. The van der Waals surface area contributed by atoms with Crippen molar-refractivity contribution in [2.24, 2.45) is 0 Å². The number of esters is 1. The average Bonchev–Trinajstić information content (AvgIpc) is 2.55. The summed E-state index contributed by atoms with van der Waals surface area (Å²) in [5.41, 5.74) is 3.35. The Kier molecular flexibility index (Phi) is 4.49. The van der Waals surface area contributed by atoms with Gasteiger partial charge in [-0.05, 0) is 37.8 Å². The second-order valence-electron chi connectivity index (χ2n) is 4.19. The highest BCUT2D eigenvalue weighted by Gasteiger charge is 2.21. The first kappa shape index (κ1) is 13.5. The number of aromatic nitrogens is 1. The van der Waals surface area contributed by atoms with Crippen molar-refractivity contribution in [3.63, 3.8) is 0 Å².